The van der Waals surface area contributed by atoms with Crippen molar-refractivity contribution in [1.29, 1.82) is 0 Å². The minimum Gasteiger partial charge on any atom is -0.495 e. The van der Waals surface area contributed by atoms with Crippen LogP contribution in [0.5, 0.6) is 5.75 Å². The molecule has 3 rings (SSSR count). The number of carbonyl (C=O) groups excluding carboxylic acids is 5. The summed E-state index contributed by atoms with van der Waals surface area (Å²) in [7, 11) is 5.98. The largest absolute Gasteiger partial charge is 0.495 e. The standard InChI is InChI=1S/C42H66ClN5O11S/c1-13-24(2)18-28-19-29(36(43)30(20-28)56-12)48(10)35(51)21-32(41(8)37(59-41)25(3)31-22-42(54,27(5)55-11)46-39(53)57-31)58-38(52)26(4)47(9)34(50)14-15-40(6,7)60-23-33(49)45-17-16-44/h13,19-20,25-27,31-32,37,54H,14-18,21-23,44H2,1-12H3,(H,45,49)(H,46,53)/b24-13+/t25-,26+,27-,31+,32+,37+,41?,42+/m1/s1. The van der Waals surface area contributed by atoms with Crippen molar-refractivity contribution >= 4 is 58.8 Å². The van der Waals surface area contributed by atoms with Crippen LogP contribution in [0.1, 0.15) is 86.6 Å². The lowest BCUT2D eigenvalue weighted by atomic mass is 9.84. The van der Waals surface area contributed by atoms with E-state index < -0.39 is 70.4 Å². The number of cyclic esters (lactones) is 1. The summed E-state index contributed by atoms with van der Waals surface area (Å²) >= 11 is 8.18. The first-order chi connectivity index (χ1) is 28.0. The van der Waals surface area contributed by atoms with Gasteiger partial charge in [-0.15, -0.1) is 11.8 Å². The summed E-state index contributed by atoms with van der Waals surface area (Å²) < 4.78 is 28.5. The number of methoxy groups -OCH3 is 2. The molecule has 0 radical (unpaired) electrons. The van der Waals surface area contributed by atoms with Crippen LogP contribution in [0.2, 0.25) is 5.02 Å². The van der Waals surface area contributed by atoms with Crippen LogP contribution < -0.4 is 26.0 Å². The third kappa shape index (κ3) is 13.0. The quantitative estimate of drug-likeness (QED) is 0.0726. The summed E-state index contributed by atoms with van der Waals surface area (Å²) in [6, 6.07) is 2.57. The van der Waals surface area contributed by atoms with E-state index in [9.17, 15) is 29.1 Å². The molecule has 1 aromatic rings. The Morgan fingerprint density at radius 2 is 1.85 bits per heavy atom. The molecule has 16 nitrogen and oxygen atoms in total. The van der Waals surface area contributed by atoms with Gasteiger partial charge in [0.05, 0.1) is 31.1 Å². The van der Waals surface area contributed by atoms with Gasteiger partial charge in [0.25, 0.3) is 0 Å². The third-order valence-electron chi connectivity index (χ3n) is 11.7. The number of epoxide rings is 1. The number of esters is 1. The number of benzene rings is 1. The van der Waals surface area contributed by atoms with Gasteiger partial charge in [-0.05, 0) is 65.2 Å². The Balaban J connectivity index is 1.87. The summed E-state index contributed by atoms with van der Waals surface area (Å²) in [6.07, 6.45) is -1.54. The molecule has 2 heterocycles. The van der Waals surface area contributed by atoms with Crippen LogP contribution in [-0.4, -0.2) is 133 Å². The first kappa shape index (κ1) is 50.7. The molecule has 0 spiro atoms. The molecule has 0 saturated carbocycles. The fourth-order valence-corrected chi connectivity index (χ4v) is 8.15. The number of thioether (sulfide) groups is 1. The van der Waals surface area contributed by atoms with E-state index in [0.717, 1.165) is 11.1 Å². The summed E-state index contributed by atoms with van der Waals surface area (Å²) in [5.74, 6) is -1.61. The van der Waals surface area contributed by atoms with Gasteiger partial charge in [0.2, 0.25) is 17.7 Å². The topological polar surface area (TPSA) is 212 Å². The number of alkyl carbamates (subject to hydrolysis) is 1. The zero-order valence-electron chi connectivity index (χ0n) is 37.1. The zero-order chi connectivity index (χ0) is 45.3. The van der Waals surface area contributed by atoms with Gasteiger partial charge in [0, 0.05) is 57.8 Å². The van der Waals surface area contributed by atoms with E-state index in [1.165, 1.54) is 42.8 Å². The lowest BCUT2D eigenvalue weighted by Crippen LogP contribution is -2.63. The number of likely N-dealkylation sites (N-methyl/N-ethyl adjacent to an activating group) is 1. The molecule has 0 bridgehead atoms. The summed E-state index contributed by atoms with van der Waals surface area (Å²) in [5.41, 5.74) is 4.85. The molecule has 0 aliphatic carbocycles. The van der Waals surface area contributed by atoms with Crippen LogP contribution in [-0.2, 0) is 44.5 Å². The second-order valence-electron chi connectivity index (χ2n) is 16.5. The van der Waals surface area contributed by atoms with Crippen molar-refractivity contribution in [3.05, 3.63) is 34.4 Å². The van der Waals surface area contributed by atoms with Crippen LogP contribution in [0.15, 0.2) is 23.8 Å². The van der Waals surface area contributed by atoms with Crippen molar-refractivity contribution in [2.24, 2.45) is 11.7 Å². The second-order valence-corrected chi connectivity index (χ2v) is 18.6. The molecular formula is C42H66ClN5O11S. The van der Waals surface area contributed by atoms with Crippen LogP contribution in [0.25, 0.3) is 0 Å². The van der Waals surface area contributed by atoms with E-state index in [-0.39, 0.29) is 41.9 Å². The Kier molecular flexibility index (Phi) is 18.1. The van der Waals surface area contributed by atoms with E-state index in [1.807, 2.05) is 45.9 Å². The highest BCUT2D eigenvalue weighted by Gasteiger charge is 2.64. The molecule has 18 heteroatoms. The SMILES string of the molecule is C/C=C(\C)Cc1cc(OC)c(Cl)c(N(C)C(=O)C[C@H](OC(=O)[C@H](C)N(C)C(=O)CCC(C)(C)SCC(=O)NCCN)C2(C)O[C@H]2[C@H](C)[C@@H]2C[C@](O)([C@@H](C)OC)NC(=O)O2)c1. The van der Waals surface area contributed by atoms with Gasteiger partial charge in [-0.2, -0.15) is 0 Å². The van der Waals surface area contributed by atoms with Gasteiger partial charge >= 0.3 is 12.1 Å². The average Bonchev–Trinajstić information content (AvgIpc) is 3.91. The Morgan fingerprint density at radius 3 is 2.45 bits per heavy atom. The number of aliphatic hydroxyl groups is 1. The number of nitrogens with two attached hydrogens (primary N) is 1. The van der Waals surface area contributed by atoms with Crippen molar-refractivity contribution in [1.82, 2.24) is 15.5 Å². The van der Waals surface area contributed by atoms with E-state index in [2.05, 4.69) is 10.6 Å². The number of allylic oxidation sites excluding steroid dienone is 2. The fourth-order valence-electron chi connectivity index (χ4n) is 6.96. The number of hydrogen-bond donors (Lipinski definition) is 4. The minimum atomic E-state index is -1.72. The molecular weight excluding hydrogens is 818 g/mol. The number of amides is 4. The zero-order valence-corrected chi connectivity index (χ0v) is 38.7. The van der Waals surface area contributed by atoms with E-state index >= 15 is 0 Å². The lowest BCUT2D eigenvalue weighted by Gasteiger charge is -2.41. The molecule has 0 aromatic heterocycles. The normalized spacial score (nSPS) is 23.6. The second kappa shape index (κ2) is 21.5. The lowest BCUT2D eigenvalue weighted by molar-refractivity contribution is -0.162. The maximum absolute atomic E-state index is 14.3. The van der Waals surface area contributed by atoms with Gasteiger partial charge in [0.15, 0.2) is 5.72 Å². The highest BCUT2D eigenvalue weighted by molar-refractivity contribution is 8.01. The molecule has 4 amide bonds. The number of hydrogen-bond acceptors (Lipinski definition) is 13. The van der Waals surface area contributed by atoms with Crippen molar-refractivity contribution < 1.29 is 52.8 Å². The molecule has 8 atom stereocenters. The maximum Gasteiger partial charge on any atom is 0.409 e. The third-order valence-corrected chi connectivity index (χ3v) is 13.4. The number of rotatable bonds is 22. The average molecular weight is 885 g/mol. The summed E-state index contributed by atoms with van der Waals surface area (Å²) in [5, 5.41) is 16.7. The Bertz CT molecular complexity index is 1750. The molecule has 60 heavy (non-hydrogen) atoms. The van der Waals surface area contributed by atoms with Crippen molar-refractivity contribution in [3.63, 3.8) is 0 Å². The van der Waals surface area contributed by atoms with Gasteiger partial charge in [0.1, 0.15) is 40.7 Å². The number of anilines is 1. The fraction of sp³-hybridized carbons (Fsp3) is 0.690. The van der Waals surface area contributed by atoms with E-state index in [4.69, 9.17) is 41.0 Å². The van der Waals surface area contributed by atoms with Gasteiger partial charge in [-0.3, -0.25) is 19.7 Å². The predicted octanol–water partition coefficient (Wildman–Crippen LogP) is 4.35. The molecule has 338 valence electrons. The highest BCUT2D eigenvalue weighted by Crippen LogP contribution is 2.49. The molecule has 2 aliphatic heterocycles. The summed E-state index contributed by atoms with van der Waals surface area (Å²) in [6.45, 7) is 15.2. The molecule has 2 fully saturated rings. The number of halogens is 1. The monoisotopic (exact) mass is 883 g/mol. The van der Waals surface area contributed by atoms with Crippen molar-refractivity contribution in [2.45, 2.75) is 134 Å². The number of carbonyl (C=O) groups is 5. The highest BCUT2D eigenvalue weighted by atomic mass is 35.5. The molecule has 5 N–H and O–H groups in total. The van der Waals surface area contributed by atoms with Gasteiger partial charge in [-0.25, -0.2) is 9.59 Å². The Hall–Kier alpha value is -3.61. The van der Waals surface area contributed by atoms with Crippen LogP contribution >= 0.6 is 23.4 Å². The van der Waals surface area contributed by atoms with Crippen molar-refractivity contribution in [2.75, 3.05) is 52.1 Å². The minimum absolute atomic E-state index is 0.0267. The maximum atomic E-state index is 14.3. The van der Waals surface area contributed by atoms with E-state index in [1.54, 1.807) is 34.7 Å². The Morgan fingerprint density at radius 1 is 1.18 bits per heavy atom. The molecule has 1 unspecified atom stereocenters. The summed E-state index contributed by atoms with van der Waals surface area (Å²) in [4.78, 5) is 69.1. The van der Waals surface area contributed by atoms with Gasteiger partial charge in [-0.1, -0.05) is 44.0 Å². The number of nitrogens with zero attached hydrogens (tertiary/aromatic N) is 2. The predicted molar refractivity (Wildman–Crippen MR) is 231 cm³/mol. The first-order valence-electron chi connectivity index (χ1n) is 20.2. The first-order valence-corrected chi connectivity index (χ1v) is 21.6. The number of nitrogens with one attached hydrogen (secondary N) is 2. The molecule has 2 aliphatic rings. The molecule has 1 aromatic carbocycles. The smallest absolute Gasteiger partial charge is 0.409 e. The van der Waals surface area contributed by atoms with Crippen LogP contribution in [0, 0.1) is 5.92 Å². The van der Waals surface area contributed by atoms with Crippen LogP contribution in [0.3, 0.4) is 0 Å². The van der Waals surface area contributed by atoms with Crippen molar-refractivity contribution in [3.8, 4) is 5.75 Å². The number of ether oxygens (including phenoxy) is 5. The molecule has 2 saturated heterocycles. The Labute approximate surface area is 363 Å². The van der Waals surface area contributed by atoms with Crippen LogP contribution in [0.4, 0.5) is 10.5 Å². The van der Waals surface area contributed by atoms with E-state index in [0.29, 0.717) is 37.4 Å². The van der Waals surface area contributed by atoms with Gasteiger partial charge < -0.3 is 49.6 Å².